The highest BCUT2D eigenvalue weighted by atomic mass is 19.1. The van der Waals surface area contributed by atoms with Crippen molar-refractivity contribution >= 4 is 0 Å². The molecular formula is C17H29FN2. The van der Waals surface area contributed by atoms with Gasteiger partial charge < -0.3 is 10.2 Å². The van der Waals surface area contributed by atoms with E-state index in [9.17, 15) is 4.39 Å². The predicted octanol–water partition coefficient (Wildman–Crippen LogP) is 3.84. The SMILES string of the molecule is CCCNC(c1ccccc1F)C(C)CN(CC)CC. The van der Waals surface area contributed by atoms with Crippen LogP contribution in [-0.2, 0) is 0 Å². The second-order valence-electron chi connectivity index (χ2n) is 5.42. The van der Waals surface area contributed by atoms with Crippen molar-refractivity contribution in [3.05, 3.63) is 35.6 Å². The molecule has 0 aromatic heterocycles. The fourth-order valence-corrected chi connectivity index (χ4v) is 2.64. The van der Waals surface area contributed by atoms with Gasteiger partial charge in [0.2, 0.25) is 0 Å². The zero-order valence-corrected chi connectivity index (χ0v) is 13.3. The largest absolute Gasteiger partial charge is 0.310 e. The first-order valence-corrected chi connectivity index (χ1v) is 7.84. The van der Waals surface area contributed by atoms with Crippen LogP contribution in [-0.4, -0.2) is 31.1 Å². The van der Waals surface area contributed by atoms with Gasteiger partial charge in [0.05, 0.1) is 0 Å². The normalized spacial score (nSPS) is 14.5. The topological polar surface area (TPSA) is 15.3 Å². The Morgan fingerprint density at radius 3 is 2.35 bits per heavy atom. The molecule has 1 N–H and O–H groups in total. The van der Waals surface area contributed by atoms with Gasteiger partial charge in [-0.3, -0.25) is 0 Å². The average molecular weight is 280 g/mol. The Labute approximate surface area is 123 Å². The highest BCUT2D eigenvalue weighted by Crippen LogP contribution is 2.25. The summed E-state index contributed by atoms with van der Waals surface area (Å²) in [5.41, 5.74) is 0.792. The number of nitrogens with zero attached hydrogens (tertiary/aromatic N) is 1. The maximum Gasteiger partial charge on any atom is 0.127 e. The van der Waals surface area contributed by atoms with Gasteiger partial charge >= 0.3 is 0 Å². The minimum absolute atomic E-state index is 0.0803. The number of hydrogen-bond acceptors (Lipinski definition) is 2. The summed E-state index contributed by atoms with van der Waals surface area (Å²) < 4.78 is 14.1. The summed E-state index contributed by atoms with van der Waals surface area (Å²) in [7, 11) is 0. The summed E-state index contributed by atoms with van der Waals surface area (Å²) in [6.07, 6.45) is 1.06. The van der Waals surface area contributed by atoms with Crippen LogP contribution in [0.2, 0.25) is 0 Å². The quantitative estimate of drug-likeness (QED) is 0.739. The van der Waals surface area contributed by atoms with Gasteiger partial charge in [0.25, 0.3) is 0 Å². The predicted molar refractivity (Wildman–Crippen MR) is 84.4 cm³/mol. The van der Waals surface area contributed by atoms with Crippen LogP contribution >= 0.6 is 0 Å². The maximum absolute atomic E-state index is 14.1. The van der Waals surface area contributed by atoms with Crippen LogP contribution in [0, 0.1) is 11.7 Å². The van der Waals surface area contributed by atoms with E-state index in [-0.39, 0.29) is 11.9 Å². The van der Waals surface area contributed by atoms with Crippen molar-refractivity contribution in [2.45, 2.75) is 40.2 Å². The Morgan fingerprint density at radius 1 is 1.15 bits per heavy atom. The molecule has 0 saturated carbocycles. The van der Waals surface area contributed by atoms with Crippen LogP contribution in [0.15, 0.2) is 24.3 Å². The molecule has 2 atom stereocenters. The molecule has 2 unspecified atom stereocenters. The van der Waals surface area contributed by atoms with Crippen molar-refractivity contribution in [1.29, 1.82) is 0 Å². The lowest BCUT2D eigenvalue weighted by Gasteiger charge is -2.30. The van der Waals surface area contributed by atoms with Gasteiger partial charge in [0.1, 0.15) is 5.82 Å². The van der Waals surface area contributed by atoms with E-state index in [1.807, 2.05) is 12.1 Å². The average Bonchev–Trinajstić information content (AvgIpc) is 2.46. The third-order valence-corrected chi connectivity index (χ3v) is 3.86. The van der Waals surface area contributed by atoms with Crippen molar-refractivity contribution < 1.29 is 4.39 Å². The van der Waals surface area contributed by atoms with Crippen molar-refractivity contribution in [3.8, 4) is 0 Å². The van der Waals surface area contributed by atoms with Crippen LogP contribution in [0.25, 0.3) is 0 Å². The first-order chi connectivity index (χ1) is 9.63. The van der Waals surface area contributed by atoms with E-state index in [4.69, 9.17) is 0 Å². The number of halogens is 1. The maximum atomic E-state index is 14.1. The number of hydrogen-bond donors (Lipinski definition) is 1. The van der Waals surface area contributed by atoms with E-state index in [2.05, 4.69) is 37.9 Å². The Hall–Kier alpha value is -0.930. The van der Waals surface area contributed by atoms with E-state index in [0.29, 0.717) is 5.92 Å². The molecule has 0 saturated heterocycles. The Bertz CT molecular complexity index is 377. The first kappa shape index (κ1) is 17.1. The second kappa shape index (κ2) is 9.09. The van der Waals surface area contributed by atoms with E-state index in [0.717, 1.165) is 38.2 Å². The molecule has 0 aliphatic heterocycles. The smallest absolute Gasteiger partial charge is 0.127 e. The Balaban J connectivity index is 2.85. The molecule has 0 radical (unpaired) electrons. The van der Waals surface area contributed by atoms with Gasteiger partial charge in [-0.05, 0) is 38.0 Å². The summed E-state index contributed by atoms with van der Waals surface area (Å²) in [6.45, 7) is 12.7. The standard InChI is InChI=1S/C17H29FN2/c1-5-12-19-17(14(4)13-20(6-2)7-3)15-10-8-9-11-16(15)18/h8-11,14,17,19H,5-7,12-13H2,1-4H3. The van der Waals surface area contributed by atoms with Crippen LogP contribution in [0.5, 0.6) is 0 Å². The molecule has 0 aliphatic carbocycles. The highest BCUT2D eigenvalue weighted by molar-refractivity contribution is 5.22. The molecule has 0 fully saturated rings. The molecule has 0 bridgehead atoms. The Morgan fingerprint density at radius 2 is 1.80 bits per heavy atom. The zero-order chi connectivity index (χ0) is 15.0. The van der Waals surface area contributed by atoms with Crippen molar-refractivity contribution in [2.24, 2.45) is 5.92 Å². The lowest BCUT2D eigenvalue weighted by molar-refractivity contribution is 0.226. The van der Waals surface area contributed by atoms with Gasteiger partial charge in [-0.15, -0.1) is 0 Å². The fraction of sp³-hybridized carbons (Fsp3) is 0.647. The Kier molecular flexibility index (Phi) is 7.78. The third-order valence-electron chi connectivity index (χ3n) is 3.86. The third kappa shape index (κ3) is 4.88. The lowest BCUT2D eigenvalue weighted by atomic mass is 9.93. The molecule has 1 rings (SSSR count). The lowest BCUT2D eigenvalue weighted by Crippen LogP contribution is -2.36. The number of rotatable bonds is 9. The van der Waals surface area contributed by atoms with Crippen molar-refractivity contribution in [2.75, 3.05) is 26.2 Å². The minimum Gasteiger partial charge on any atom is -0.310 e. The molecule has 1 aromatic rings. The van der Waals surface area contributed by atoms with Gasteiger partial charge in [0, 0.05) is 18.2 Å². The van der Waals surface area contributed by atoms with Crippen molar-refractivity contribution in [1.82, 2.24) is 10.2 Å². The number of benzene rings is 1. The van der Waals surface area contributed by atoms with Crippen molar-refractivity contribution in [3.63, 3.8) is 0 Å². The molecule has 2 nitrogen and oxygen atoms in total. The summed E-state index contributed by atoms with van der Waals surface area (Å²) in [4.78, 5) is 2.39. The fourth-order valence-electron chi connectivity index (χ4n) is 2.64. The monoisotopic (exact) mass is 280 g/mol. The van der Waals surface area contributed by atoms with E-state index in [1.165, 1.54) is 0 Å². The van der Waals surface area contributed by atoms with E-state index < -0.39 is 0 Å². The summed E-state index contributed by atoms with van der Waals surface area (Å²) in [5.74, 6) is 0.269. The molecule has 0 aliphatic rings. The molecule has 20 heavy (non-hydrogen) atoms. The molecule has 3 heteroatoms. The first-order valence-electron chi connectivity index (χ1n) is 7.84. The molecule has 114 valence electrons. The van der Waals surface area contributed by atoms with Gasteiger partial charge in [-0.1, -0.05) is 45.9 Å². The van der Waals surface area contributed by atoms with Gasteiger partial charge in [-0.2, -0.15) is 0 Å². The van der Waals surface area contributed by atoms with Crippen LogP contribution < -0.4 is 5.32 Å². The van der Waals surface area contributed by atoms with Gasteiger partial charge in [0.15, 0.2) is 0 Å². The molecule has 0 amide bonds. The number of nitrogens with one attached hydrogen (secondary N) is 1. The minimum atomic E-state index is -0.104. The second-order valence-corrected chi connectivity index (χ2v) is 5.42. The van der Waals surface area contributed by atoms with Crippen LogP contribution in [0.3, 0.4) is 0 Å². The van der Waals surface area contributed by atoms with E-state index in [1.54, 1.807) is 12.1 Å². The van der Waals surface area contributed by atoms with E-state index >= 15 is 0 Å². The van der Waals surface area contributed by atoms with Gasteiger partial charge in [-0.25, -0.2) is 4.39 Å². The van der Waals surface area contributed by atoms with Crippen LogP contribution in [0.1, 0.15) is 45.7 Å². The summed E-state index contributed by atoms with van der Waals surface area (Å²) >= 11 is 0. The molecule has 1 aromatic carbocycles. The summed E-state index contributed by atoms with van der Waals surface area (Å²) in [6, 6.07) is 7.21. The molecule has 0 heterocycles. The molecule has 0 spiro atoms. The molecular weight excluding hydrogens is 251 g/mol. The summed E-state index contributed by atoms with van der Waals surface area (Å²) in [5, 5.41) is 3.51. The zero-order valence-electron chi connectivity index (χ0n) is 13.3. The van der Waals surface area contributed by atoms with Crippen LogP contribution in [0.4, 0.5) is 4.39 Å². The highest BCUT2D eigenvalue weighted by Gasteiger charge is 2.22.